The number of alkyl halides is 1. The fourth-order valence-corrected chi connectivity index (χ4v) is 2.93. The number of hydrogen-bond donors (Lipinski definition) is 1. The molecule has 0 aliphatic heterocycles. The summed E-state index contributed by atoms with van der Waals surface area (Å²) < 4.78 is 0. The average Bonchev–Trinajstić information content (AvgIpc) is 2.28. The molecule has 1 aliphatic rings. The molecular weight excluding hydrogens is 274 g/mol. The van der Waals surface area contributed by atoms with Gasteiger partial charge in [-0.2, -0.15) is 11.8 Å². The molecule has 0 bridgehead atoms. The molecule has 4 heteroatoms. The first kappa shape index (κ1) is 13.4. The molecule has 88 valence electrons. The smallest absolute Gasteiger partial charge is 0.233 e. The minimum Gasteiger partial charge on any atom is -0.352 e. The van der Waals surface area contributed by atoms with Crippen LogP contribution in [0.1, 0.15) is 39.0 Å². The second kappa shape index (κ2) is 6.79. The van der Waals surface area contributed by atoms with E-state index in [1.165, 1.54) is 12.8 Å². The van der Waals surface area contributed by atoms with Crippen molar-refractivity contribution in [1.29, 1.82) is 0 Å². The van der Waals surface area contributed by atoms with Crippen LogP contribution in [0.25, 0.3) is 0 Å². The molecule has 1 aliphatic carbocycles. The number of halogens is 1. The summed E-state index contributed by atoms with van der Waals surface area (Å²) in [7, 11) is 0. The molecule has 3 unspecified atom stereocenters. The highest BCUT2D eigenvalue weighted by Gasteiger charge is 2.24. The van der Waals surface area contributed by atoms with E-state index in [1.54, 1.807) is 0 Å². The molecule has 15 heavy (non-hydrogen) atoms. The molecule has 0 radical (unpaired) electrons. The minimum atomic E-state index is -0.0212. The maximum Gasteiger partial charge on any atom is 0.233 e. The molecule has 1 saturated carbocycles. The molecule has 1 fully saturated rings. The van der Waals surface area contributed by atoms with Crippen LogP contribution in [0.2, 0.25) is 0 Å². The molecule has 3 atom stereocenters. The summed E-state index contributed by atoms with van der Waals surface area (Å²) in [6.45, 7) is 2.02. The van der Waals surface area contributed by atoms with E-state index >= 15 is 0 Å². The quantitative estimate of drug-likeness (QED) is 0.808. The van der Waals surface area contributed by atoms with Crippen molar-refractivity contribution >= 4 is 33.6 Å². The first-order chi connectivity index (χ1) is 7.17. The van der Waals surface area contributed by atoms with Gasteiger partial charge >= 0.3 is 0 Å². The van der Waals surface area contributed by atoms with Crippen LogP contribution < -0.4 is 5.32 Å². The van der Waals surface area contributed by atoms with Gasteiger partial charge in [0.25, 0.3) is 0 Å². The summed E-state index contributed by atoms with van der Waals surface area (Å²) in [6.07, 6.45) is 7.84. The third kappa shape index (κ3) is 4.35. The lowest BCUT2D eigenvalue weighted by Gasteiger charge is -2.29. The first-order valence-electron chi connectivity index (χ1n) is 5.64. The van der Waals surface area contributed by atoms with E-state index in [2.05, 4.69) is 27.5 Å². The normalized spacial score (nSPS) is 28.5. The van der Waals surface area contributed by atoms with Crippen LogP contribution in [0.3, 0.4) is 0 Å². The lowest BCUT2D eigenvalue weighted by Crippen LogP contribution is -2.42. The number of amides is 1. The van der Waals surface area contributed by atoms with Gasteiger partial charge in [0.2, 0.25) is 5.91 Å². The molecule has 1 amide bonds. The van der Waals surface area contributed by atoms with Crippen molar-refractivity contribution in [3.63, 3.8) is 0 Å². The van der Waals surface area contributed by atoms with Gasteiger partial charge in [0.05, 0.1) is 4.83 Å². The second-order valence-electron chi connectivity index (χ2n) is 4.11. The van der Waals surface area contributed by atoms with Gasteiger partial charge in [-0.05, 0) is 31.9 Å². The lowest BCUT2D eigenvalue weighted by atomic mass is 9.95. The van der Waals surface area contributed by atoms with Crippen LogP contribution in [0.4, 0.5) is 0 Å². The standard InChI is InChI=1S/C11H20BrNOS/c1-3-10(12)11(14)13-8-5-4-6-9(7-8)15-2/h8-10H,3-7H2,1-2H3,(H,13,14). The van der Waals surface area contributed by atoms with Gasteiger partial charge in [0, 0.05) is 11.3 Å². The summed E-state index contributed by atoms with van der Waals surface area (Å²) >= 11 is 5.31. The monoisotopic (exact) mass is 293 g/mol. The number of thioether (sulfide) groups is 1. The zero-order valence-corrected chi connectivity index (χ0v) is 11.9. The van der Waals surface area contributed by atoms with Crippen LogP contribution in [0.15, 0.2) is 0 Å². The fraction of sp³-hybridized carbons (Fsp3) is 0.909. The molecule has 0 aromatic carbocycles. The van der Waals surface area contributed by atoms with Crippen molar-refractivity contribution in [3.8, 4) is 0 Å². The molecule has 2 nitrogen and oxygen atoms in total. The molecule has 0 aromatic rings. The van der Waals surface area contributed by atoms with Gasteiger partial charge in [0.15, 0.2) is 0 Å². The van der Waals surface area contributed by atoms with E-state index in [4.69, 9.17) is 0 Å². The van der Waals surface area contributed by atoms with Crippen molar-refractivity contribution in [2.24, 2.45) is 0 Å². The Morgan fingerprint density at radius 2 is 2.33 bits per heavy atom. The Morgan fingerprint density at radius 3 is 2.93 bits per heavy atom. The maximum absolute atomic E-state index is 11.7. The zero-order valence-electron chi connectivity index (χ0n) is 9.46. The van der Waals surface area contributed by atoms with Crippen molar-refractivity contribution in [3.05, 3.63) is 0 Å². The van der Waals surface area contributed by atoms with Crippen LogP contribution >= 0.6 is 27.7 Å². The summed E-state index contributed by atoms with van der Waals surface area (Å²) in [6, 6.07) is 0.398. The Labute approximate surface area is 105 Å². The molecule has 0 spiro atoms. The third-order valence-corrected chi connectivity index (χ3v) is 5.11. The van der Waals surface area contributed by atoms with Crippen LogP contribution in [0.5, 0.6) is 0 Å². The Balaban J connectivity index is 2.34. The molecule has 1 rings (SSSR count). The SMILES string of the molecule is CCC(Br)C(=O)NC1CCCC(SC)C1. The average molecular weight is 294 g/mol. The van der Waals surface area contributed by atoms with Crippen molar-refractivity contribution in [2.75, 3.05) is 6.26 Å². The maximum atomic E-state index is 11.7. The predicted molar refractivity (Wildman–Crippen MR) is 70.7 cm³/mol. The first-order valence-corrected chi connectivity index (χ1v) is 7.85. The Bertz CT molecular complexity index is 213. The summed E-state index contributed by atoms with van der Waals surface area (Å²) in [5.41, 5.74) is 0. The van der Waals surface area contributed by atoms with E-state index in [9.17, 15) is 4.79 Å². The Hall–Kier alpha value is 0.300. The van der Waals surface area contributed by atoms with Gasteiger partial charge in [-0.15, -0.1) is 0 Å². The molecule has 0 saturated heterocycles. The van der Waals surface area contributed by atoms with Gasteiger partial charge < -0.3 is 5.32 Å². The number of hydrogen-bond acceptors (Lipinski definition) is 2. The minimum absolute atomic E-state index is 0.0212. The molecule has 0 aromatic heterocycles. The highest BCUT2D eigenvalue weighted by atomic mass is 79.9. The number of rotatable bonds is 4. The predicted octanol–water partition coefficient (Wildman–Crippen LogP) is 2.95. The van der Waals surface area contributed by atoms with Crippen LogP contribution in [-0.2, 0) is 4.79 Å². The van der Waals surface area contributed by atoms with E-state index < -0.39 is 0 Å². The largest absolute Gasteiger partial charge is 0.352 e. The highest BCUT2D eigenvalue weighted by Crippen LogP contribution is 2.27. The summed E-state index contributed by atoms with van der Waals surface area (Å²) in [5.74, 6) is 0.157. The number of nitrogens with one attached hydrogen (secondary N) is 1. The van der Waals surface area contributed by atoms with E-state index in [0.717, 1.165) is 24.5 Å². The molecule has 0 heterocycles. The van der Waals surface area contributed by atoms with Crippen LogP contribution in [-0.4, -0.2) is 28.3 Å². The molecular formula is C11H20BrNOS. The third-order valence-electron chi connectivity index (χ3n) is 2.95. The van der Waals surface area contributed by atoms with Gasteiger partial charge in [-0.1, -0.05) is 29.3 Å². The summed E-state index contributed by atoms with van der Waals surface area (Å²) in [4.78, 5) is 11.7. The van der Waals surface area contributed by atoms with Crippen molar-refractivity contribution in [2.45, 2.75) is 55.1 Å². The van der Waals surface area contributed by atoms with Crippen LogP contribution in [0, 0.1) is 0 Å². The lowest BCUT2D eigenvalue weighted by molar-refractivity contribution is -0.121. The Morgan fingerprint density at radius 1 is 1.60 bits per heavy atom. The van der Waals surface area contributed by atoms with E-state index in [1.807, 2.05) is 18.7 Å². The molecule has 1 N–H and O–H groups in total. The van der Waals surface area contributed by atoms with Crippen molar-refractivity contribution in [1.82, 2.24) is 5.32 Å². The zero-order chi connectivity index (χ0) is 11.3. The van der Waals surface area contributed by atoms with Gasteiger partial charge in [-0.3, -0.25) is 4.79 Å². The second-order valence-corrected chi connectivity index (χ2v) is 6.35. The fourth-order valence-electron chi connectivity index (χ4n) is 1.97. The number of carbonyl (C=O) groups is 1. The highest BCUT2D eigenvalue weighted by molar-refractivity contribution is 9.10. The van der Waals surface area contributed by atoms with Crippen molar-refractivity contribution < 1.29 is 4.79 Å². The van der Waals surface area contributed by atoms with Gasteiger partial charge in [0.1, 0.15) is 0 Å². The van der Waals surface area contributed by atoms with E-state index in [0.29, 0.717) is 6.04 Å². The Kier molecular flexibility index (Phi) is 6.05. The summed E-state index contributed by atoms with van der Waals surface area (Å²) in [5, 5.41) is 3.87. The number of carbonyl (C=O) groups excluding carboxylic acids is 1. The van der Waals surface area contributed by atoms with E-state index in [-0.39, 0.29) is 10.7 Å². The van der Waals surface area contributed by atoms with Gasteiger partial charge in [-0.25, -0.2) is 0 Å². The topological polar surface area (TPSA) is 29.1 Å².